The van der Waals surface area contributed by atoms with Crippen LogP contribution in [0.15, 0.2) is 18.2 Å². The molecule has 6 nitrogen and oxygen atoms in total. The average molecular weight is 343 g/mol. The van der Waals surface area contributed by atoms with Crippen molar-refractivity contribution >= 4 is 19.2 Å². The lowest BCUT2D eigenvalue weighted by molar-refractivity contribution is -0.116. The van der Waals surface area contributed by atoms with Gasteiger partial charge in [-0.25, -0.2) is 0 Å². The Morgan fingerprint density at radius 1 is 1.22 bits per heavy atom. The Balaban J connectivity index is 2.67. The first-order valence-corrected chi connectivity index (χ1v) is 9.67. The predicted octanol–water partition coefficient (Wildman–Crippen LogP) is 3.67. The zero-order valence-corrected chi connectivity index (χ0v) is 14.6. The van der Waals surface area contributed by atoms with Gasteiger partial charge >= 0.3 is 7.60 Å². The third-order valence-electron chi connectivity index (χ3n) is 3.47. The van der Waals surface area contributed by atoms with Gasteiger partial charge in [0.1, 0.15) is 5.75 Å². The van der Waals surface area contributed by atoms with Gasteiger partial charge in [-0.1, -0.05) is 32.6 Å². The number of rotatable bonds is 10. The van der Waals surface area contributed by atoms with E-state index in [1.165, 1.54) is 19.6 Å². The lowest BCUT2D eigenvalue weighted by atomic mass is 10.1. The molecule has 0 unspecified atom stereocenters. The largest absolute Gasteiger partial charge is 0.497 e. The highest BCUT2D eigenvalue weighted by molar-refractivity contribution is 7.50. The molecule has 130 valence electrons. The second-order valence-corrected chi connectivity index (χ2v) is 7.20. The van der Waals surface area contributed by atoms with E-state index < -0.39 is 13.8 Å². The molecule has 0 saturated carbocycles. The van der Waals surface area contributed by atoms with E-state index >= 15 is 0 Å². The second-order valence-electron chi connectivity index (χ2n) is 5.56. The van der Waals surface area contributed by atoms with Gasteiger partial charge in [-0.2, -0.15) is 0 Å². The van der Waals surface area contributed by atoms with Gasteiger partial charge < -0.3 is 19.8 Å². The highest BCUT2D eigenvalue weighted by atomic mass is 31.2. The van der Waals surface area contributed by atoms with Crippen molar-refractivity contribution in [1.29, 1.82) is 0 Å². The van der Waals surface area contributed by atoms with E-state index in [1.54, 1.807) is 12.1 Å². The first-order chi connectivity index (χ1) is 10.9. The molecule has 23 heavy (non-hydrogen) atoms. The van der Waals surface area contributed by atoms with Crippen LogP contribution < -0.4 is 10.1 Å². The number of carbonyl (C=O) groups excluding carboxylic acids is 1. The van der Waals surface area contributed by atoms with E-state index in [2.05, 4.69) is 12.2 Å². The molecule has 7 heteroatoms. The van der Waals surface area contributed by atoms with Crippen molar-refractivity contribution in [3.05, 3.63) is 23.8 Å². The van der Waals surface area contributed by atoms with Crippen molar-refractivity contribution in [3.63, 3.8) is 0 Å². The van der Waals surface area contributed by atoms with Crippen molar-refractivity contribution in [2.75, 3.05) is 12.4 Å². The van der Waals surface area contributed by atoms with Crippen molar-refractivity contribution in [1.82, 2.24) is 0 Å². The van der Waals surface area contributed by atoms with Crippen LogP contribution in [-0.4, -0.2) is 22.8 Å². The van der Waals surface area contributed by atoms with Gasteiger partial charge in [-0.05, 0) is 30.2 Å². The molecule has 1 rings (SSSR count). The highest BCUT2D eigenvalue weighted by Gasteiger charge is 2.18. The lowest BCUT2D eigenvalue weighted by Gasteiger charge is -2.13. The van der Waals surface area contributed by atoms with Crippen molar-refractivity contribution in [2.45, 2.75) is 51.6 Å². The van der Waals surface area contributed by atoms with Gasteiger partial charge in [0.25, 0.3) is 0 Å². The van der Waals surface area contributed by atoms with E-state index in [4.69, 9.17) is 4.74 Å². The number of unbranched alkanes of at least 4 members (excludes halogenated alkanes) is 4. The van der Waals surface area contributed by atoms with Crippen LogP contribution in [0.3, 0.4) is 0 Å². The number of nitrogens with one attached hydrogen (secondary N) is 1. The summed E-state index contributed by atoms with van der Waals surface area (Å²) in [5.41, 5.74) is 0.796. The van der Waals surface area contributed by atoms with Crippen LogP contribution in [0.1, 0.15) is 51.0 Å². The SMILES string of the molecule is CCCCCCCC(=O)Nc1ccc(OC)cc1CP(=O)(O)O. The maximum atomic E-state index is 12.0. The predicted molar refractivity (Wildman–Crippen MR) is 90.7 cm³/mol. The Morgan fingerprint density at radius 3 is 2.52 bits per heavy atom. The minimum Gasteiger partial charge on any atom is -0.497 e. The molecular weight excluding hydrogens is 317 g/mol. The first kappa shape index (κ1) is 19.7. The lowest BCUT2D eigenvalue weighted by Crippen LogP contribution is -2.13. The average Bonchev–Trinajstić information content (AvgIpc) is 2.47. The molecule has 0 saturated heterocycles. The number of hydrogen-bond acceptors (Lipinski definition) is 3. The maximum absolute atomic E-state index is 12.0. The summed E-state index contributed by atoms with van der Waals surface area (Å²) in [7, 11) is -2.75. The normalized spacial score (nSPS) is 11.3. The van der Waals surface area contributed by atoms with Crippen LogP contribution in [0, 0.1) is 0 Å². The second kappa shape index (κ2) is 9.71. The fourth-order valence-corrected chi connectivity index (χ4v) is 2.98. The molecule has 0 bridgehead atoms. The molecule has 3 N–H and O–H groups in total. The first-order valence-electron chi connectivity index (χ1n) is 7.87. The molecule has 0 spiro atoms. The summed E-state index contributed by atoms with van der Waals surface area (Å²) in [6, 6.07) is 4.80. The monoisotopic (exact) mass is 343 g/mol. The molecule has 0 aromatic heterocycles. The summed E-state index contributed by atoms with van der Waals surface area (Å²) in [4.78, 5) is 30.3. The number of hydrogen-bond donors (Lipinski definition) is 3. The summed E-state index contributed by atoms with van der Waals surface area (Å²) >= 11 is 0. The Hall–Kier alpha value is -1.36. The molecule has 0 aliphatic carbocycles. The fourth-order valence-electron chi connectivity index (χ4n) is 2.27. The minimum absolute atomic E-state index is 0.140. The molecule has 1 amide bonds. The summed E-state index contributed by atoms with van der Waals surface area (Å²) in [5.74, 6) is 0.352. The van der Waals surface area contributed by atoms with E-state index in [0.717, 1.165) is 25.7 Å². The Kier molecular flexibility index (Phi) is 8.31. The summed E-state index contributed by atoms with van der Waals surface area (Å²) in [5, 5.41) is 2.74. The molecule has 0 aliphatic heterocycles. The van der Waals surface area contributed by atoms with Gasteiger partial charge in [-0.3, -0.25) is 9.36 Å². The van der Waals surface area contributed by atoms with E-state index in [9.17, 15) is 19.1 Å². The quantitative estimate of drug-likeness (QED) is 0.445. The van der Waals surface area contributed by atoms with Gasteiger partial charge in [0, 0.05) is 12.1 Å². The third kappa shape index (κ3) is 8.16. The van der Waals surface area contributed by atoms with Crippen LogP contribution in [-0.2, 0) is 15.5 Å². The van der Waals surface area contributed by atoms with Gasteiger partial charge in [0.2, 0.25) is 5.91 Å². The molecule has 0 fully saturated rings. The molecule has 1 aromatic rings. The Labute approximate surface area is 137 Å². The van der Waals surface area contributed by atoms with Crippen LogP contribution in [0.4, 0.5) is 5.69 Å². The van der Waals surface area contributed by atoms with Crippen LogP contribution >= 0.6 is 7.60 Å². The number of methoxy groups -OCH3 is 1. The zero-order chi connectivity index (χ0) is 17.3. The van der Waals surface area contributed by atoms with Gasteiger partial charge in [0.15, 0.2) is 0 Å². The fraction of sp³-hybridized carbons (Fsp3) is 0.562. The van der Waals surface area contributed by atoms with E-state index in [0.29, 0.717) is 23.4 Å². The Morgan fingerprint density at radius 2 is 1.91 bits per heavy atom. The van der Waals surface area contributed by atoms with E-state index in [-0.39, 0.29) is 5.91 Å². The number of anilines is 1. The number of benzene rings is 1. The van der Waals surface area contributed by atoms with Crippen LogP contribution in [0.5, 0.6) is 5.75 Å². The maximum Gasteiger partial charge on any atom is 0.329 e. The molecule has 0 radical (unpaired) electrons. The molecule has 1 aromatic carbocycles. The third-order valence-corrected chi connectivity index (χ3v) is 4.22. The minimum atomic E-state index is -4.23. The smallest absolute Gasteiger partial charge is 0.329 e. The summed E-state index contributed by atoms with van der Waals surface area (Å²) < 4.78 is 16.3. The topological polar surface area (TPSA) is 95.9 Å². The van der Waals surface area contributed by atoms with Gasteiger partial charge in [-0.15, -0.1) is 0 Å². The molecular formula is C16H26NO5P. The zero-order valence-electron chi connectivity index (χ0n) is 13.7. The summed E-state index contributed by atoms with van der Waals surface area (Å²) in [6.07, 6.45) is 5.25. The molecule has 0 heterocycles. The van der Waals surface area contributed by atoms with Crippen molar-refractivity contribution in [3.8, 4) is 5.75 Å². The standard InChI is InChI=1S/C16H26NO5P/c1-3-4-5-6-7-8-16(18)17-15-10-9-14(22-2)11-13(15)12-23(19,20)21/h9-11H,3-8,12H2,1-2H3,(H,17,18)(H2,19,20,21). The van der Waals surface area contributed by atoms with Gasteiger partial charge in [0.05, 0.1) is 13.3 Å². The number of carbonyl (C=O) groups is 1. The number of amides is 1. The van der Waals surface area contributed by atoms with Crippen LogP contribution in [0.25, 0.3) is 0 Å². The molecule has 0 atom stereocenters. The Bertz CT molecular complexity index is 555. The van der Waals surface area contributed by atoms with E-state index in [1.807, 2.05) is 0 Å². The van der Waals surface area contributed by atoms with Crippen LogP contribution in [0.2, 0.25) is 0 Å². The van der Waals surface area contributed by atoms with Crippen molar-refractivity contribution < 1.29 is 23.9 Å². The number of ether oxygens (including phenoxy) is 1. The highest BCUT2D eigenvalue weighted by Crippen LogP contribution is 2.41. The summed E-state index contributed by atoms with van der Waals surface area (Å²) in [6.45, 7) is 2.14. The van der Waals surface area contributed by atoms with Crippen molar-refractivity contribution in [2.24, 2.45) is 0 Å². The molecule has 0 aliphatic rings.